The predicted molar refractivity (Wildman–Crippen MR) is 131 cm³/mol. The Kier molecular flexibility index (Phi) is 7.86. The number of hydrogen-bond acceptors (Lipinski definition) is 8. The fourth-order valence-electron chi connectivity index (χ4n) is 3.97. The number of hydrogen-bond donors (Lipinski definition) is 1. The van der Waals surface area contributed by atoms with Crippen molar-refractivity contribution >= 4 is 23.1 Å². The van der Waals surface area contributed by atoms with Crippen LogP contribution in [0.5, 0.6) is 0 Å². The van der Waals surface area contributed by atoms with Crippen LogP contribution in [-0.4, -0.2) is 72.0 Å². The van der Waals surface area contributed by atoms with Crippen LogP contribution in [-0.2, 0) is 23.7 Å². The number of nitrogens with zero attached hydrogens (tertiary/aromatic N) is 3. The Morgan fingerprint density at radius 3 is 2.26 bits per heavy atom. The zero-order chi connectivity index (χ0) is 24.1. The molecule has 0 amide bonds. The molecule has 4 rings (SSSR count). The maximum Gasteiger partial charge on any atom is 0.263 e. The van der Waals surface area contributed by atoms with Gasteiger partial charge >= 0.3 is 0 Å². The lowest BCUT2D eigenvalue weighted by Gasteiger charge is -2.43. The summed E-state index contributed by atoms with van der Waals surface area (Å²) in [6, 6.07) is 17.4. The summed E-state index contributed by atoms with van der Waals surface area (Å²) in [7, 11) is 4.79. The monoisotopic (exact) mass is 484 g/mol. The summed E-state index contributed by atoms with van der Waals surface area (Å²) in [5.41, 5.74) is 2.58. The van der Waals surface area contributed by atoms with Crippen molar-refractivity contribution in [3.05, 3.63) is 60.9 Å². The number of aromatic nitrogens is 3. The van der Waals surface area contributed by atoms with E-state index >= 15 is 0 Å². The van der Waals surface area contributed by atoms with E-state index in [1.54, 1.807) is 32.3 Å². The highest BCUT2D eigenvalue weighted by atomic mass is 32.1. The van der Waals surface area contributed by atoms with Crippen LogP contribution in [0.15, 0.2) is 60.9 Å². The highest BCUT2D eigenvalue weighted by Gasteiger charge is 2.46. The molecule has 34 heavy (non-hydrogen) atoms. The largest absolute Gasteiger partial charge is 0.438 e. The summed E-state index contributed by atoms with van der Waals surface area (Å²) >= 11 is 5.40. The van der Waals surface area contributed by atoms with Crippen LogP contribution in [0.25, 0.3) is 17.1 Å². The number of benzene rings is 2. The lowest BCUT2D eigenvalue weighted by molar-refractivity contribution is -0.285. The molecular formula is C24H28N4O5S. The predicted octanol–water partition coefficient (Wildman–Crippen LogP) is 3.44. The molecule has 0 aliphatic carbocycles. The maximum atomic E-state index is 5.95. The van der Waals surface area contributed by atoms with E-state index in [1.165, 1.54) is 0 Å². The van der Waals surface area contributed by atoms with E-state index in [4.69, 9.17) is 35.9 Å². The molecule has 1 aliphatic heterocycles. The second-order valence-electron chi connectivity index (χ2n) is 7.77. The van der Waals surface area contributed by atoms with Crippen LogP contribution in [0.1, 0.15) is 6.92 Å². The van der Waals surface area contributed by atoms with Gasteiger partial charge in [0.1, 0.15) is 24.6 Å². The minimum absolute atomic E-state index is 0.157. The highest BCUT2D eigenvalue weighted by Crippen LogP contribution is 2.28. The second-order valence-corrected chi connectivity index (χ2v) is 8.14. The first-order chi connectivity index (χ1) is 16.5. The molecule has 0 bridgehead atoms. The van der Waals surface area contributed by atoms with E-state index < -0.39 is 12.4 Å². The van der Waals surface area contributed by atoms with E-state index in [0.717, 1.165) is 16.9 Å². The highest BCUT2D eigenvalue weighted by molar-refractivity contribution is 7.80. The second kappa shape index (κ2) is 11.0. The summed E-state index contributed by atoms with van der Waals surface area (Å²) in [5.74, 6) is 0.664. The van der Waals surface area contributed by atoms with Crippen molar-refractivity contribution in [2.75, 3.05) is 26.6 Å². The standard InChI is InChI=1S/C24H28N4O5S/c1-15-19(29-2)20(30-3)21(31-4)23(32-15)33-24(34)26-17-10-12-18(13-11-17)28-14-25-22(27-28)16-8-6-5-7-9-16/h5-15,19-21,23H,1-4H3,(H,26,34)/t15-,19-,20+,21+,23?/m0/s1. The molecule has 1 aliphatic rings. The van der Waals surface area contributed by atoms with E-state index in [9.17, 15) is 0 Å². The van der Waals surface area contributed by atoms with Crippen molar-refractivity contribution < 1.29 is 23.7 Å². The molecule has 1 N–H and O–H groups in total. The fraction of sp³-hybridized carbons (Fsp3) is 0.375. The van der Waals surface area contributed by atoms with E-state index in [2.05, 4.69) is 15.4 Å². The van der Waals surface area contributed by atoms with Gasteiger partial charge in [0.2, 0.25) is 6.29 Å². The van der Waals surface area contributed by atoms with Gasteiger partial charge in [-0.1, -0.05) is 30.3 Å². The van der Waals surface area contributed by atoms with Crippen LogP contribution >= 0.6 is 12.2 Å². The third-order valence-electron chi connectivity index (χ3n) is 5.67. The van der Waals surface area contributed by atoms with Crippen LogP contribution < -0.4 is 5.32 Å². The number of anilines is 1. The molecule has 5 atom stereocenters. The average molecular weight is 485 g/mol. The zero-order valence-corrected chi connectivity index (χ0v) is 20.3. The Bertz CT molecular complexity index is 1080. The summed E-state index contributed by atoms with van der Waals surface area (Å²) < 4.78 is 30.2. The van der Waals surface area contributed by atoms with Gasteiger partial charge in [0, 0.05) is 32.6 Å². The minimum Gasteiger partial charge on any atom is -0.438 e. The van der Waals surface area contributed by atoms with E-state index in [-0.39, 0.29) is 23.5 Å². The van der Waals surface area contributed by atoms with Crippen molar-refractivity contribution in [3.8, 4) is 17.1 Å². The molecule has 0 spiro atoms. The van der Waals surface area contributed by atoms with Gasteiger partial charge in [-0.3, -0.25) is 0 Å². The van der Waals surface area contributed by atoms with Crippen LogP contribution in [0.2, 0.25) is 0 Å². The van der Waals surface area contributed by atoms with Gasteiger partial charge < -0.3 is 29.0 Å². The Balaban J connectivity index is 1.39. The van der Waals surface area contributed by atoms with E-state index in [0.29, 0.717) is 5.82 Å². The Morgan fingerprint density at radius 2 is 1.62 bits per heavy atom. The molecule has 1 aromatic heterocycles. The third kappa shape index (κ3) is 5.26. The SMILES string of the molecule is CO[C@@H]1[C@@H](OC)[C@@H](OC)C(OC(=S)Nc2ccc(-n3cnc(-c4ccccc4)n3)cc2)O[C@H]1C. The fourth-order valence-corrected chi connectivity index (χ4v) is 4.18. The van der Waals surface area contributed by atoms with Crippen molar-refractivity contribution in [1.82, 2.24) is 14.8 Å². The van der Waals surface area contributed by atoms with Crippen molar-refractivity contribution in [2.45, 2.75) is 37.6 Å². The lowest BCUT2D eigenvalue weighted by atomic mass is 9.99. The van der Waals surface area contributed by atoms with Gasteiger partial charge in [-0.05, 0) is 43.4 Å². The molecule has 1 fully saturated rings. The summed E-state index contributed by atoms with van der Waals surface area (Å²) in [6.07, 6.45) is -0.499. The van der Waals surface area contributed by atoms with Gasteiger partial charge in [0.05, 0.1) is 11.8 Å². The Labute approximate surface area is 203 Å². The molecule has 2 heterocycles. The van der Waals surface area contributed by atoms with Crippen LogP contribution in [0.3, 0.4) is 0 Å². The van der Waals surface area contributed by atoms with Gasteiger partial charge in [-0.15, -0.1) is 5.10 Å². The molecule has 9 nitrogen and oxygen atoms in total. The summed E-state index contributed by atoms with van der Waals surface area (Å²) in [5, 5.41) is 7.78. The van der Waals surface area contributed by atoms with Crippen LogP contribution in [0, 0.1) is 0 Å². The minimum atomic E-state index is -0.748. The lowest BCUT2D eigenvalue weighted by Crippen LogP contribution is -2.59. The molecule has 0 radical (unpaired) electrons. The first-order valence-electron chi connectivity index (χ1n) is 10.8. The number of methoxy groups -OCH3 is 3. The number of nitrogens with one attached hydrogen (secondary N) is 1. The molecule has 0 saturated carbocycles. The van der Waals surface area contributed by atoms with Crippen molar-refractivity contribution in [1.29, 1.82) is 0 Å². The maximum absolute atomic E-state index is 5.95. The molecule has 3 aromatic rings. The molecule has 180 valence electrons. The van der Waals surface area contributed by atoms with Gasteiger partial charge in [-0.2, -0.15) is 0 Å². The topological polar surface area (TPSA) is 88.9 Å². The zero-order valence-electron chi connectivity index (χ0n) is 19.5. The summed E-state index contributed by atoms with van der Waals surface area (Å²) in [6.45, 7) is 1.89. The molecule has 1 unspecified atom stereocenters. The molecular weight excluding hydrogens is 456 g/mol. The van der Waals surface area contributed by atoms with Gasteiger partial charge in [0.15, 0.2) is 5.82 Å². The Morgan fingerprint density at radius 1 is 0.941 bits per heavy atom. The first-order valence-corrected chi connectivity index (χ1v) is 11.2. The number of thiocarbonyl (C=S) groups is 1. The Hall–Kier alpha value is -2.89. The smallest absolute Gasteiger partial charge is 0.263 e. The van der Waals surface area contributed by atoms with Gasteiger partial charge in [0.25, 0.3) is 5.17 Å². The number of ether oxygens (including phenoxy) is 5. The number of rotatable bonds is 7. The molecule has 1 saturated heterocycles. The molecule has 2 aromatic carbocycles. The third-order valence-corrected chi connectivity index (χ3v) is 5.87. The quantitative estimate of drug-likeness (QED) is 0.507. The van der Waals surface area contributed by atoms with E-state index in [1.807, 2.05) is 61.5 Å². The van der Waals surface area contributed by atoms with Crippen molar-refractivity contribution in [3.63, 3.8) is 0 Å². The van der Waals surface area contributed by atoms with Gasteiger partial charge in [-0.25, -0.2) is 9.67 Å². The average Bonchev–Trinajstić information content (AvgIpc) is 3.35. The summed E-state index contributed by atoms with van der Waals surface area (Å²) in [4.78, 5) is 4.40. The van der Waals surface area contributed by atoms with Crippen molar-refractivity contribution in [2.24, 2.45) is 0 Å². The normalized spacial score (nSPS) is 24.5. The van der Waals surface area contributed by atoms with Crippen LogP contribution in [0.4, 0.5) is 5.69 Å². The first kappa shape index (κ1) is 24.2. The molecule has 10 heteroatoms.